The first-order valence-corrected chi connectivity index (χ1v) is 13.1. The van der Waals surface area contributed by atoms with Crippen LogP contribution < -0.4 is 9.62 Å². The van der Waals surface area contributed by atoms with E-state index in [4.69, 9.17) is 0 Å². The van der Waals surface area contributed by atoms with Gasteiger partial charge < -0.3 is 9.80 Å². The SMILES string of the molecule is CCc1ccc(NS(=O)(=O)c2cc(C(=O)N3CCN(c4ccccc4)CC3)ccc2C)c(C)c1. The van der Waals surface area contributed by atoms with Gasteiger partial charge in [-0.3, -0.25) is 9.52 Å². The van der Waals surface area contributed by atoms with E-state index in [1.807, 2.05) is 37.3 Å². The molecule has 3 aromatic carbocycles. The van der Waals surface area contributed by atoms with E-state index in [1.54, 1.807) is 30.0 Å². The molecule has 3 aromatic rings. The van der Waals surface area contributed by atoms with Gasteiger partial charge >= 0.3 is 0 Å². The molecule has 0 aromatic heterocycles. The Balaban J connectivity index is 1.51. The van der Waals surface area contributed by atoms with E-state index >= 15 is 0 Å². The predicted octanol–water partition coefficient (Wildman–Crippen LogP) is 4.63. The van der Waals surface area contributed by atoms with Crippen molar-refractivity contribution in [2.24, 2.45) is 0 Å². The molecule has 0 saturated carbocycles. The summed E-state index contributed by atoms with van der Waals surface area (Å²) in [6, 6.07) is 20.8. The van der Waals surface area contributed by atoms with Crippen LogP contribution in [0.2, 0.25) is 0 Å². The summed E-state index contributed by atoms with van der Waals surface area (Å²) in [7, 11) is -3.85. The van der Waals surface area contributed by atoms with E-state index < -0.39 is 10.0 Å². The molecule has 6 nitrogen and oxygen atoms in total. The maximum atomic E-state index is 13.2. The molecular formula is C27H31N3O3S. The Hall–Kier alpha value is -3.32. The van der Waals surface area contributed by atoms with Crippen LogP contribution in [0.3, 0.4) is 0 Å². The first-order chi connectivity index (χ1) is 16.3. The highest BCUT2D eigenvalue weighted by Crippen LogP contribution is 2.25. The number of carbonyl (C=O) groups is 1. The van der Waals surface area contributed by atoms with Gasteiger partial charge in [-0.15, -0.1) is 0 Å². The molecule has 1 fully saturated rings. The maximum Gasteiger partial charge on any atom is 0.262 e. The van der Waals surface area contributed by atoms with Crippen molar-refractivity contribution in [2.75, 3.05) is 35.8 Å². The van der Waals surface area contributed by atoms with Gasteiger partial charge in [-0.2, -0.15) is 0 Å². The highest BCUT2D eigenvalue weighted by atomic mass is 32.2. The second-order valence-electron chi connectivity index (χ2n) is 8.70. The molecule has 34 heavy (non-hydrogen) atoms. The zero-order valence-electron chi connectivity index (χ0n) is 19.9. The highest BCUT2D eigenvalue weighted by Gasteiger charge is 2.25. The second kappa shape index (κ2) is 9.89. The Morgan fingerprint density at radius 3 is 2.24 bits per heavy atom. The van der Waals surface area contributed by atoms with Crippen molar-refractivity contribution in [3.05, 3.63) is 89.0 Å². The van der Waals surface area contributed by atoms with Crippen LogP contribution >= 0.6 is 0 Å². The van der Waals surface area contributed by atoms with Crippen LogP contribution in [-0.4, -0.2) is 45.4 Å². The van der Waals surface area contributed by atoms with Gasteiger partial charge in [-0.1, -0.05) is 43.3 Å². The van der Waals surface area contributed by atoms with Gasteiger partial charge in [0.2, 0.25) is 0 Å². The summed E-state index contributed by atoms with van der Waals surface area (Å²) in [6.07, 6.45) is 0.886. The Kier molecular flexibility index (Phi) is 6.93. The largest absolute Gasteiger partial charge is 0.368 e. The monoisotopic (exact) mass is 477 g/mol. The number of amides is 1. The molecule has 4 rings (SSSR count). The van der Waals surface area contributed by atoms with Gasteiger partial charge in [0.1, 0.15) is 0 Å². The lowest BCUT2D eigenvalue weighted by atomic mass is 10.1. The molecule has 178 valence electrons. The summed E-state index contributed by atoms with van der Waals surface area (Å²) in [5.41, 5.74) is 4.69. The van der Waals surface area contributed by atoms with E-state index in [-0.39, 0.29) is 10.8 Å². The summed E-state index contributed by atoms with van der Waals surface area (Å²) >= 11 is 0. The molecular weight excluding hydrogens is 446 g/mol. The molecule has 0 spiro atoms. The second-order valence-corrected chi connectivity index (χ2v) is 10.4. The van der Waals surface area contributed by atoms with Crippen LogP contribution in [0.1, 0.15) is 34.0 Å². The van der Waals surface area contributed by atoms with Crippen molar-refractivity contribution < 1.29 is 13.2 Å². The fourth-order valence-electron chi connectivity index (χ4n) is 4.27. The van der Waals surface area contributed by atoms with Gasteiger partial charge in [-0.25, -0.2) is 8.42 Å². The molecule has 0 aliphatic carbocycles. The number of hydrogen-bond acceptors (Lipinski definition) is 4. The molecule has 0 atom stereocenters. The van der Waals surface area contributed by atoms with Crippen LogP contribution in [-0.2, 0) is 16.4 Å². The number of piperazine rings is 1. The van der Waals surface area contributed by atoms with E-state index in [9.17, 15) is 13.2 Å². The van der Waals surface area contributed by atoms with Gasteiger partial charge in [0.25, 0.3) is 15.9 Å². The number of rotatable bonds is 6. The molecule has 1 amide bonds. The fourth-order valence-corrected chi connectivity index (χ4v) is 5.67. The normalized spacial score (nSPS) is 14.2. The van der Waals surface area contributed by atoms with E-state index in [2.05, 4.69) is 28.7 Å². The summed E-state index contributed by atoms with van der Waals surface area (Å²) in [4.78, 5) is 17.4. The summed E-state index contributed by atoms with van der Waals surface area (Å²) < 4.78 is 29.2. The Labute approximate surface area is 202 Å². The van der Waals surface area contributed by atoms with Crippen molar-refractivity contribution in [2.45, 2.75) is 32.1 Å². The Morgan fingerprint density at radius 2 is 1.59 bits per heavy atom. The van der Waals surface area contributed by atoms with Crippen LogP contribution in [0.4, 0.5) is 11.4 Å². The number of aryl methyl sites for hydroxylation is 3. The molecule has 0 unspecified atom stereocenters. The number of nitrogens with zero attached hydrogens (tertiary/aromatic N) is 2. The van der Waals surface area contributed by atoms with Crippen molar-refractivity contribution in [3.8, 4) is 0 Å². The standard InChI is InChI=1S/C27H31N3O3S/c1-4-22-11-13-25(21(3)18-22)28-34(32,33)26-19-23(12-10-20(26)2)27(31)30-16-14-29(15-17-30)24-8-6-5-7-9-24/h5-13,18-19,28H,4,14-17H2,1-3H3. The van der Waals surface area contributed by atoms with Crippen molar-refractivity contribution in [1.29, 1.82) is 0 Å². The average Bonchev–Trinajstić information content (AvgIpc) is 2.85. The van der Waals surface area contributed by atoms with Gasteiger partial charge in [-0.05, 0) is 67.3 Å². The molecule has 1 aliphatic rings. The van der Waals surface area contributed by atoms with Crippen LogP contribution in [0.25, 0.3) is 0 Å². The van der Waals surface area contributed by atoms with Gasteiger partial charge in [0, 0.05) is 37.4 Å². The predicted molar refractivity (Wildman–Crippen MR) is 137 cm³/mol. The zero-order valence-corrected chi connectivity index (χ0v) is 20.7. The highest BCUT2D eigenvalue weighted by molar-refractivity contribution is 7.92. The van der Waals surface area contributed by atoms with E-state index in [0.717, 1.165) is 36.3 Å². The first kappa shape index (κ1) is 23.8. The lowest BCUT2D eigenvalue weighted by molar-refractivity contribution is 0.0746. The van der Waals surface area contributed by atoms with Crippen LogP contribution in [0.15, 0.2) is 71.6 Å². The van der Waals surface area contributed by atoms with Crippen molar-refractivity contribution >= 4 is 27.3 Å². The minimum absolute atomic E-state index is 0.125. The van der Waals surface area contributed by atoms with E-state index in [1.165, 1.54) is 6.07 Å². The molecule has 7 heteroatoms. The minimum Gasteiger partial charge on any atom is -0.368 e. The quantitative estimate of drug-likeness (QED) is 0.562. The van der Waals surface area contributed by atoms with Crippen molar-refractivity contribution in [1.82, 2.24) is 4.90 Å². The smallest absolute Gasteiger partial charge is 0.262 e. The van der Waals surface area contributed by atoms with E-state index in [0.29, 0.717) is 29.9 Å². The van der Waals surface area contributed by atoms with Crippen LogP contribution in [0, 0.1) is 13.8 Å². The lowest BCUT2D eigenvalue weighted by Gasteiger charge is -2.36. The Bertz CT molecular complexity index is 1280. The number of anilines is 2. The number of nitrogens with one attached hydrogen (secondary N) is 1. The maximum absolute atomic E-state index is 13.2. The number of hydrogen-bond donors (Lipinski definition) is 1. The molecule has 0 bridgehead atoms. The lowest BCUT2D eigenvalue weighted by Crippen LogP contribution is -2.48. The number of carbonyl (C=O) groups excluding carboxylic acids is 1. The topological polar surface area (TPSA) is 69.7 Å². The summed E-state index contributed by atoms with van der Waals surface area (Å²) in [6.45, 7) is 8.35. The third-order valence-corrected chi connectivity index (χ3v) is 7.86. The summed E-state index contributed by atoms with van der Waals surface area (Å²) in [5.74, 6) is -0.146. The van der Waals surface area contributed by atoms with Gasteiger partial charge in [0.05, 0.1) is 10.6 Å². The molecule has 1 aliphatic heterocycles. The Morgan fingerprint density at radius 1 is 0.882 bits per heavy atom. The minimum atomic E-state index is -3.85. The van der Waals surface area contributed by atoms with Crippen LogP contribution in [0.5, 0.6) is 0 Å². The molecule has 1 N–H and O–H groups in total. The summed E-state index contributed by atoms with van der Waals surface area (Å²) in [5, 5.41) is 0. The third kappa shape index (κ3) is 5.09. The number of para-hydroxylation sites is 1. The molecule has 0 radical (unpaired) electrons. The average molecular weight is 478 g/mol. The van der Waals surface area contributed by atoms with Crippen molar-refractivity contribution in [3.63, 3.8) is 0 Å². The number of benzene rings is 3. The fraction of sp³-hybridized carbons (Fsp3) is 0.296. The van der Waals surface area contributed by atoms with Gasteiger partial charge in [0.15, 0.2) is 0 Å². The third-order valence-electron chi connectivity index (χ3n) is 6.36. The molecule has 1 saturated heterocycles. The molecule has 1 heterocycles. The zero-order chi connectivity index (χ0) is 24.3. The first-order valence-electron chi connectivity index (χ1n) is 11.6. The number of sulfonamides is 1.